The molecule has 3 fully saturated rings. The van der Waals surface area contributed by atoms with Gasteiger partial charge in [-0.05, 0) is 19.8 Å². The monoisotopic (exact) mass is 268 g/mol. The normalized spacial score (nSPS) is 39.5. The number of hydrogen-bond acceptors (Lipinski definition) is 5. The molecule has 106 valence electrons. The Hall–Kier alpha value is -0.940. The first-order chi connectivity index (χ1) is 9.07. The Kier molecular flexibility index (Phi) is 2.94. The number of rotatable bonds is 2. The van der Waals surface area contributed by atoms with Gasteiger partial charge in [-0.15, -0.1) is 0 Å². The van der Waals surface area contributed by atoms with Crippen LogP contribution < -0.4 is 0 Å². The Morgan fingerprint density at radius 1 is 1.21 bits per heavy atom. The Morgan fingerprint density at radius 2 is 1.89 bits per heavy atom. The molecule has 3 aliphatic rings. The molecule has 2 aliphatic carbocycles. The molecule has 19 heavy (non-hydrogen) atoms. The Morgan fingerprint density at radius 3 is 2.47 bits per heavy atom. The van der Waals surface area contributed by atoms with Crippen molar-refractivity contribution in [3.05, 3.63) is 0 Å². The third kappa shape index (κ3) is 1.48. The minimum atomic E-state index is -0.724. The molecule has 0 bridgehead atoms. The van der Waals surface area contributed by atoms with Gasteiger partial charge < -0.3 is 14.2 Å². The van der Waals surface area contributed by atoms with Crippen molar-refractivity contribution in [3.8, 4) is 0 Å². The van der Waals surface area contributed by atoms with E-state index in [0.29, 0.717) is 19.6 Å². The van der Waals surface area contributed by atoms with Gasteiger partial charge in [0.15, 0.2) is 5.79 Å². The number of fused-ring (bicyclic) bond motifs is 1. The fourth-order valence-corrected chi connectivity index (χ4v) is 4.52. The second-order valence-electron chi connectivity index (χ2n) is 5.83. The zero-order valence-electron chi connectivity index (χ0n) is 11.4. The van der Waals surface area contributed by atoms with Crippen molar-refractivity contribution in [2.24, 2.45) is 17.3 Å². The third-order valence-corrected chi connectivity index (χ3v) is 5.24. The van der Waals surface area contributed by atoms with Crippen LogP contribution in [0.3, 0.4) is 0 Å². The van der Waals surface area contributed by atoms with E-state index in [9.17, 15) is 9.59 Å². The predicted molar refractivity (Wildman–Crippen MR) is 65.2 cm³/mol. The maximum Gasteiger partial charge on any atom is 0.309 e. The van der Waals surface area contributed by atoms with Gasteiger partial charge in [0.1, 0.15) is 5.78 Å². The van der Waals surface area contributed by atoms with Crippen molar-refractivity contribution in [1.29, 1.82) is 0 Å². The fourth-order valence-electron chi connectivity index (χ4n) is 4.52. The molecule has 0 aromatic carbocycles. The Balaban J connectivity index is 1.99. The summed E-state index contributed by atoms with van der Waals surface area (Å²) in [4.78, 5) is 24.0. The van der Waals surface area contributed by atoms with Crippen LogP contribution in [0.1, 0.15) is 32.6 Å². The first-order valence-corrected chi connectivity index (χ1v) is 6.93. The van der Waals surface area contributed by atoms with Crippen LogP contribution in [0.15, 0.2) is 0 Å². The van der Waals surface area contributed by atoms with E-state index < -0.39 is 11.2 Å². The second kappa shape index (κ2) is 4.28. The largest absolute Gasteiger partial charge is 0.469 e. The van der Waals surface area contributed by atoms with Crippen molar-refractivity contribution >= 4 is 11.8 Å². The van der Waals surface area contributed by atoms with Crippen LogP contribution in [0.2, 0.25) is 0 Å². The lowest BCUT2D eigenvalue weighted by molar-refractivity contribution is -0.332. The minimum absolute atomic E-state index is 0.129. The molecular formula is C14H20O5. The van der Waals surface area contributed by atoms with Gasteiger partial charge in [-0.1, -0.05) is 6.42 Å². The van der Waals surface area contributed by atoms with Gasteiger partial charge in [-0.3, -0.25) is 9.59 Å². The summed E-state index contributed by atoms with van der Waals surface area (Å²) in [5, 5.41) is 0. The number of hydrogen-bond donors (Lipinski definition) is 0. The molecule has 2 saturated carbocycles. The Bertz CT molecular complexity index is 412. The SMILES string of the molecule is COC(=O)[C@@H]1CC2(OCCO2)[C@@]12CCC[C@H]2C(C)=O. The van der Waals surface area contributed by atoms with Crippen LogP contribution in [0, 0.1) is 17.3 Å². The van der Waals surface area contributed by atoms with Crippen LogP contribution in [0.25, 0.3) is 0 Å². The van der Waals surface area contributed by atoms with Crippen molar-refractivity contribution in [1.82, 2.24) is 0 Å². The molecule has 0 unspecified atom stereocenters. The van der Waals surface area contributed by atoms with E-state index in [1.807, 2.05) is 0 Å². The number of ether oxygens (including phenoxy) is 3. The van der Waals surface area contributed by atoms with E-state index in [1.165, 1.54) is 7.11 Å². The molecule has 1 saturated heterocycles. The summed E-state index contributed by atoms with van der Waals surface area (Å²) < 4.78 is 16.6. The van der Waals surface area contributed by atoms with Crippen LogP contribution in [0.4, 0.5) is 0 Å². The van der Waals surface area contributed by atoms with Crippen molar-refractivity contribution in [2.75, 3.05) is 20.3 Å². The average Bonchev–Trinajstić information content (AvgIpc) is 3.03. The molecule has 0 radical (unpaired) electrons. The first-order valence-electron chi connectivity index (χ1n) is 6.93. The highest BCUT2D eigenvalue weighted by molar-refractivity contribution is 5.83. The maximum absolute atomic E-state index is 12.0. The molecule has 2 spiro atoms. The number of esters is 1. The van der Waals surface area contributed by atoms with Crippen LogP contribution in [0.5, 0.6) is 0 Å². The molecule has 3 atom stereocenters. The number of carbonyl (C=O) groups excluding carboxylic acids is 2. The summed E-state index contributed by atoms with van der Waals surface area (Å²) in [6.07, 6.45) is 3.07. The second-order valence-corrected chi connectivity index (χ2v) is 5.83. The van der Waals surface area contributed by atoms with Gasteiger partial charge in [0.25, 0.3) is 0 Å². The summed E-state index contributed by atoms with van der Waals surface area (Å²) in [7, 11) is 1.40. The van der Waals surface area contributed by atoms with Gasteiger partial charge in [0.05, 0.1) is 26.2 Å². The highest BCUT2D eigenvalue weighted by Crippen LogP contribution is 2.68. The zero-order chi connectivity index (χ0) is 13.7. The van der Waals surface area contributed by atoms with Gasteiger partial charge in [0, 0.05) is 17.8 Å². The van der Waals surface area contributed by atoms with E-state index in [4.69, 9.17) is 14.2 Å². The first kappa shape index (κ1) is 13.1. The lowest BCUT2D eigenvalue weighted by atomic mass is 9.50. The molecule has 1 heterocycles. The van der Waals surface area contributed by atoms with Crippen molar-refractivity contribution in [3.63, 3.8) is 0 Å². The number of ketones is 1. The molecule has 0 aromatic heterocycles. The highest BCUT2D eigenvalue weighted by atomic mass is 16.7. The van der Waals surface area contributed by atoms with Gasteiger partial charge in [-0.2, -0.15) is 0 Å². The molecule has 0 N–H and O–H groups in total. The quantitative estimate of drug-likeness (QED) is 0.706. The van der Waals surface area contributed by atoms with Crippen LogP contribution in [-0.4, -0.2) is 37.9 Å². The number of carbonyl (C=O) groups is 2. The van der Waals surface area contributed by atoms with E-state index in [-0.39, 0.29) is 23.6 Å². The van der Waals surface area contributed by atoms with Gasteiger partial charge in [0.2, 0.25) is 0 Å². The molecule has 5 heteroatoms. The summed E-state index contributed by atoms with van der Waals surface area (Å²) in [5.41, 5.74) is -0.498. The van der Waals surface area contributed by atoms with Crippen LogP contribution >= 0.6 is 0 Å². The molecular weight excluding hydrogens is 248 g/mol. The zero-order valence-corrected chi connectivity index (χ0v) is 11.4. The van der Waals surface area contributed by atoms with E-state index in [0.717, 1.165) is 19.3 Å². The van der Waals surface area contributed by atoms with E-state index >= 15 is 0 Å². The highest BCUT2D eigenvalue weighted by Gasteiger charge is 2.75. The summed E-state index contributed by atoms with van der Waals surface area (Å²) in [6.45, 7) is 2.69. The molecule has 1 aliphatic heterocycles. The number of methoxy groups -OCH3 is 1. The Labute approximate surface area is 112 Å². The molecule has 3 rings (SSSR count). The third-order valence-electron chi connectivity index (χ3n) is 5.24. The van der Waals surface area contributed by atoms with Gasteiger partial charge in [-0.25, -0.2) is 0 Å². The predicted octanol–water partition coefficient (Wildman–Crippen LogP) is 1.30. The van der Waals surface area contributed by atoms with E-state index in [2.05, 4.69) is 0 Å². The van der Waals surface area contributed by atoms with Crippen LogP contribution in [-0.2, 0) is 23.8 Å². The summed E-state index contributed by atoms with van der Waals surface area (Å²) in [5.74, 6) is -1.25. The average molecular weight is 268 g/mol. The lowest BCUT2D eigenvalue weighted by Crippen LogP contribution is -2.69. The lowest BCUT2D eigenvalue weighted by Gasteiger charge is -2.60. The van der Waals surface area contributed by atoms with Gasteiger partial charge >= 0.3 is 5.97 Å². The van der Waals surface area contributed by atoms with Crippen molar-refractivity contribution < 1.29 is 23.8 Å². The minimum Gasteiger partial charge on any atom is -0.469 e. The standard InChI is InChI=1S/C14H20O5/c1-9(15)10-4-3-5-13(10)11(12(16)17-2)8-14(13)18-6-7-19-14/h10-11H,3-8H2,1-2H3/t10-,11-,13+/m0/s1. The van der Waals surface area contributed by atoms with E-state index in [1.54, 1.807) is 6.92 Å². The number of Topliss-reactive ketones (excluding diaryl/α,β-unsaturated/α-hetero) is 1. The smallest absolute Gasteiger partial charge is 0.309 e. The molecule has 5 nitrogen and oxygen atoms in total. The summed E-state index contributed by atoms with van der Waals surface area (Å²) >= 11 is 0. The maximum atomic E-state index is 12.0. The van der Waals surface area contributed by atoms with Crippen molar-refractivity contribution in [2.45, 2.75) is 38.4 Å². The molecule has 0 aromatic rings. The fraction of sp³-hybridized carbons (Fsp3) is 0.857. The topological polar surface area (TPSA) is 61.8 Å². The summed E-state index contributed by atoms with van der Waals surface area (Å²) in [6, 6.07) is 0. The molecule has 0 amide bonds.